The molecule has 3 aliphatic rings. The Balaban J connectivity index is 1.72. The first-order valence-corrected chi connectivity index (χ1v) is 8.79. The molecule has 0 aromatic carbocycles. The molecular formula is C17H24N2O6. The van der Waals surface area contributed by atoms with Gasteiger partial charge in [-0.3, -0.25) is 9.59 Å². The number of rotatable bonds is 6. The normalized spacial score (nSPS) is 32.2. The Labute approximate surface area is 146 Å². The van der Waals surface area contributed by atoms with Crippen molar-refractivity contribution in [3.63, 3.8) is 0 Å². The smallest absolute Gasteiger partial charge is 0.332 e. The number of aliphatic carboxylic acids is 1. The van der Waals surface area contributed by atoms with E-state index < -0.39 is 23.3 Å². The Morgan fingerprint density at radius 1 is 1.40 bits per heavy atom. The second-order valence-corrected chi connectivity index (χ2v) is 6.60. The lowest BCUT2D eigenvalue weighted by Crippen LogP contribution is -2.52. The van der Waals surface area contributed by atoms with Gasteiger partial charge in [0.15, 0.2) is 12.3 Å². The van der Waals surface area contributed by atoms with Crippen LogP contribution in [0.1, 0.15) is 39.0 Å². The molecule has 8 nitrogen and oxygen atoms in total. The molecule has 0 aromatic rings. The van der Waals surface area contributed by atoms with E-state index in [9.17, 15) is 19.5 Å². The number of carboxylic acids is 1. The molecule has 3 unspecified atom stereocenters. The molecule has 0 spiro atoms. The van der Waals surface area contributed by atoms with Gasteiger partial charge in [-0.25, -0.2) is 14.8 Å². The van der Waals surface area contributed by atoms with Crippen molar-refractivity contribution in [3.8, 4) is 0 Å². The SMILES string of the molecule is CCC1(CCOC2CCCCO2)C(=O)N2CC=CC(C(=O)O)N2C1=O. The molecule has 8 heteroatoms. The van der Waals surface area contributed by atoms with E-state index in [0.29, 0.717) is 13.0 Å². The van der Waals surface area contributed by atoms with Crippen LogP contribution in [0.5, 0.6) is 0 Å². The Bertz CT molecular complexity index is 586. The molecule has 138 valence electrons. The maximum absolute atomic E-state index is 13.0. The molecule has 1 N–H and O–H groups in total. The summed E-state index contributed by atoms with van der Waals surface area (Å²) >= 11 is 0. The number of hydrogen-bond acceptors (Lipinski definition) is 5. The van der Waals surface area contributed by atoms with E-state index in [2.05, 4.69) is 0 Å². The predicted octanol–water partition coefficient (Wildman–Crippen LogP) is 0.925. The zero-order valence-corrected chi connectivity index (χ0v) is 14.3. The topological polar surface area (TPSA) is 96.4 Å². The summed E-state index contributed by atoms with van der Waals surface area (Å²) in [7, 11) is 0. The summed E-state index contributed by atoms with van der Waals surface area (Å²) in [6.07, 6.45) is 6.16. The first kappa shape index (κ1) is 17.9. The second-order valence-electron chi connectivity index (χ2n) is 6.60. The van der Waals surface area contributed by atoms with Crippen molar-refractivity contribution in [2.75, 3.05) is 19.8 Å². The molecule has 3 aliphatic heterocycles. The maximum atomic E-state index is 13.0. The van der Waals surface area contributed by atoms with Crippen LogP contribution in [0.25, 0.3) is 0 Å². The van der Waals surface area contributed by atoms with E-state index in [1.54, 1.807) is 13.0 Å². The van der Waals surface area contributed by atoms with Gasteiger partial charge < -0.3 is 14.6 Å². The van der Waals surface area contributed by atoms with Crippen LogP contribution in [0.2, 0.25) is 0 Å². The third kappa shape index (κ3) is 3.04. The van der Waals surface area contributed by atoms with Crippen molar-refractivity contribution >= 4 is 17.8 Å². The first-order chi connectivity index (χ1) is 12.0. The van der Waals surface area contributed by atoms with Gasteiger partial charge in [-0.2, -0.15) is 0 Å². The minimum absolute atomic E-state index is 0.211. The van der Waals surface area contributed by atoms with Crippen LogP contribution in [0.3, 0.4) is 0 Å². The van der Waals surface area contributed by atoms with E-state index in [1.165, 1.54) is 11.1 Å². The minimum Gasteiger partial charge on any atom is -0.479 e. The van der Waals surface area contributed by atoms with Crippen LogP contribution in [0.15, 0.2) is 12.2 Å². The van der Waals surface area contributed by atoms with E-state index in [4.69, 9.17) is 9.47 Å². The Hall–Kier alpha value is -1.93. The number of fused-ring (bicyclic) bond motifs is 1. The van der Waals surface area contributed by atoms with E-state index in [1.807, 2.05) is 0 Å². The number of carboxylic acid groups (broad SMARTS) is 1. The summed E-state index contributed by atoms with van der Waals surface area (Å²) in [6.45, 7) is 2.87. The lowest BCUT2D eigenvalue weighted by Gasteiger charge is -2.33. The molecule has 3 rings (SSSR count). The summed E-state index contributed by atoms with van der Waals surface area (Å²) < 4.78 is 11.2. The Kier molecular flexibility index (Phi) is 5.10. The third-order valence-electron chi connectivity index (χ3n) is 5.21. The lowest BCUT2D eigenvalue weighted by molar-refractivity contribution is -0.169. The van der Waals surface area contributed by atoms with Crippen LogP contribution >= 0.6 is 0 Å². The Morgan fingerprint density at radius 2 is 2.20 bits per heavy atom. The van der Waals surface area contributed by atoms with Crippen molar-refractivity contribution < 1.29 is 29.0 Å². The molecule has 0 saturated carbocycles. The highest BCUT2D eigenvalue weighted by molar-refractivity contribution is 6.11. The molecule has 0 aromatic heterocycles. The van der Waals surface area contributed by atoms with Crippen LogP contribution in [0, 0.1) is 5.41 Å². The number of hydrogen-bond donors (Lipinski definition) is 1. The summed E-state index contributed by atoms with van der Waals surface area (Å²) in [5.41, 5.74) is -1.26. The molecule has 0 radical (unpaired) electrons. The summed E-state index contributed by atoms with van der Waals surface area (Å²) in [5, 5.41) is 11.7. The number of amides is 2. The molecule has 2 fully saturated rings. The predicted molar refractivity (Wildman–Crippen MR) is 86.0 cm³/mol. The van der Waals surface area contributed by atoms with Crippen molar-refractivity contribution in [1.29, 1.82) is 0 Å². The number of carbonyl (C=O) groups excluding carboxylic acids is 2. The standard InChI is InChI=1S/C17H24N2O6/c1-2-17(8-11-25-13-7-3-4-10-24-13)15(22)18-9-5-6-12(14(20)21)19(18)16(17)23/h5-6,12-13H,2-4,7-11H2,1H3,(H,20,21). The fraction of sp³-hybridized carbons (Fsp3) is 0.706. The molecule has 2 amide bonds. The molecule has 0 bridgehead atoms. The van der Waals surface area contributed by atoms with Crippen molar-refractivity contribution in [2.24, 2.45) is 5.41 Å². The first-order valence-electron chi connectivity index (χ1n) is 8.79. The highest BCUT2D eigenvalue weighted by Gasteiger charge is 2.59. The monoisotopic (exact) mass is 352 g/mol. The lowest BCUT2D eigenvalue weighted by atomic mass is 9.81. The number of nitrogens with zero attached hydrogens (tertiary/aromatic N) is 2. The number of hydrazine groups is 1. The quantitative estimate of drug-likeness (QED) is 0.564. The maximum Gasteiger partial charge on any atom is 0.332 e. The molecule has 25 heavy (non-hydrogen) atoms. The zero-order valence-electron chi connectivity index (χ0n) is 14.3. The van der Waals surface area contributed by atoms with Crippen molar-refractivity contribution in [1.82, 2.24) is 10.0 Å². The molecule has 3 heterocycles. The van der Waals surface area contributed by atoms with Gasteiger partial charge in [0.05, 0.1) is 13.2 Å². The third-order valence-corrected chi connectivity index (χ3v) is 5.21. The highest BCUT2D eigenvalue weighted by Crippen LogP contribution is 2.40. The second kappa shape index (κ2) is 7.13. The van der Waals surface area contributed by atoms with E-state index >= 15 is 0 Å². The average Bonchev–Trinajstić information content (AvgIpc) is 2.85. The van der Waals surface area contributed by atoms with Gasteiger partial charge in [0, 0.05) is 6.61 Å². The van der Waals surface area contributed by atoms with Crippen LogP contribution in [0.4, 0.5) is 0 Å². The molecule has 3 atom stereocenters. The summed E-state index contributed by atoms with van der Waals surface area (Å²) in [4.78, 5) is 37.3. The van der Waals surface area contributed by atoms with Gasteiger partial charge in [0.25, 0.3) is 11.8 Å². The largest absolute Gasteiger partial charge is 0.479 e. The number of ether oxygens (including phenoxy) is 2. The molecule has 0 aliphatic carbocycles. The molecule has 2 saturated heterocycles. The fourth-order valence-electron chi connectivity index (χ4n) is 3.67. The van der Waals surface area contributed by atoms with Gasteiger partial charge in [-0.15, -0.1) is 0 Å². The van der Waals surface area contributed by atoms with E-state index in [0.717, 1.165) is 24.3 Å². The van der Waals surface area contributed by atoms with Gasteiger partial charge in [-0.1, -0.05) is 19.1 Å². The zero-order chi connectivity index (χ0) is 18.0. The molecular weight excluding hydrogens is 328 g/mol. The average molecular weight is 352 g/mol. The summed E-state index contributed by atoms with van der Waals surface area (Å²) in [5.74, 6) is -1.95. The Morgan fingerprint density at radius 3 is 2.84 bits per heavy atom. The number of carbonyl (C=O) groups is 3. The van der Waals surface area contributed by atoms with Gasteiger partial charge in [-0.05, 0) is 32.1 Å². The van der Waals surface area contributed by atoms with Gasteiger partial charge >= 0.3 is 5.97 Å². The van der Waals surface area contributed by atoms with Crippen LogP contribution < -0.4 is 0 Å². The van der Waals surface area contributed by atoms with Crippen LogP contribution in [-0.2, 0) is 23.9 Å². The van der Waals surface area contributed by atoms with E-state index in [-0.39, 0.29) is 31.8 Å². The van der Waals surface area contributed by atoms with Crippen molar-refractivity contribution in [2.45, 2.75) is 51.4 Å². The summed E-state index contributed by atoms with van der Waals surface area (Å²) in [6, 6.07) is -1.14. The minimum atomic E-state index is -1.26. The van der Waals surface area contributed by atoms with Crippen molar-refractivity contribution in [3.05, 3.63) is 12.2 Å². The highest BCUT2D eigenvalue weighted by atomic mass is 16.7. The van der Waals surface area contributed by atoms with Gasteiger partial charge in [0.2, 0.25) is 0 Å². The van der Waals surface area contributed by atoms with Gasteiger partial charge in [0.1, 0.15) is 5.41 Å². The fourth-order valence-corrected chi connectivity index (χ4v) is 3.67. The van der Waals surface area contributed by atoms with Crippen LogP contribution in [-0.4, -0.2) is 65.0 Å².